The van der Waals surface area contributed by atoms with Crippen molar-refractivity contribution in [3.8, 4) is 0 Å². The van der Waals surface area contributed by atoms with Gasteiger partial charge >= 0.3 is 0 Å². The minimum atomic E-state index is -0.273. The van der Waals surface area contributed by atoms with Crippen molar-refractivity contribution in [1.82, 2.24) is 15.1 Å². The van der Waals surface area contributed by atoms with Crippen LogP contribution < -0.4 is 11.1 Å². The molecule has 3 N–H and O–H groups in total. The number of carbonyl (C=O) groups is 1. The molecule has 1 heterocycles. The summed E-state index contributed by atoms with van der Waals surface area (Å²) in [5.41, 5.74) is 6.37. The minimum Gasteiger partial charge on any atom is -0.368 e. The summed E-state index contributed by atoms with van der Waals surface area (Å²) in [5.74, 6) is 0.578. The van der Waals surface area contributed by atoms with Crippen molar-refractivity contribution in [2.75, 3.05) is 12.3 Å². The quantitative estimate of drug-likeness (QED) is 0.693. The maximum Gasteiger partial charge on any atom is 0.234 e. The number of nitrogens with zero attached hydrogens (tertiary/aromatic N) is 2. The molecule has 6 heteroatoms. The van der Waals surface area contributed by atoms with E-state index in [-0.39, 0.29) is 11.9 Å². The van der Waals surface area contributed by atoms with Gasteiger partial charge in [0.15, 0.2) is 0 Å². The molecule has 0 fully saturated rings. The fraction of sp³-hybridized carbons (Fsp3) is 0.667. The molecule has 0 spiro atoms. The third-order valence-corrected chi connectivity index (χ3v) is 3.72. The first-order valence-electron chi connectivity index (χ1n) is 6.20. The number of primary amides is 1. The van der Waals surface area contributed by atoms with E-state index in [9.17, 15) is 4.79 Å². The Morgan fingerprint density at radius 2 is 2.39 bits per heavy atom. The number of rotatable bonds is 8. The first-order chi connectivity index (χ1) is 8.54. The van der Waals surface area contributed by atoms with Crippen LogP contribution in [0.5, 0.6) is 0 Å². The highest BCUT2D eigenvalue weighted by atomic mass is 32.2. The van der Waals surface area contributed by atoms with Crippen LogP contribution in [0.4, 0.5) is 0 Å². The molecule has 0 aliphatic carbocycles. The van der Waals surface area contributed by atoms with Crippen LogP contribution in [0.25, 0.3) is 0 Å². The zero-order valence-corrected chi connectivity index (χ0v) is 12.1. The van der Waals surface area contributed by atoms with Crippen molar-refractivity contribution in [3.05, 3.63) is 11.8 Å². The Bertz CT molecular complexity index is 391. The second kappa shape index (κ2) is 7.43. The van der Waals surface area contributed by atoms with Gasteiger partial charge < -0.3 is 11.1 Å². The number of amides is 1. The predicted octanol–water partition coefficient (Wildman–Crippen LogP) is 1.06. The van der Waals surface area contributed by atoms with E-state index < -0.39 is 0 Å². The van der Waals surface area contributed by atoms with Crippen molar-refractivity contribution >= 4 is 17.7 Å². The van der Waals surface area contributed by atoms with Gasteiger partial charge in [-0.2, -0.15) is 5.10 Å². The van der Waals surface area contributed by atoms with Gasteiger partial charge in [0.25, 0.3) is 0 Å². The zero-order valence-electron chi connectivity index (χ0n) is 11.3. The molecule has 0 aromatic carbocycles. The van der Waals surface area contributed by atoms with E-state index in [1.807, 2.05) is 24.7 Å². The molecular formula is C12H22N4OS. The normalized spacial score (nSPS) is 12.6. The highest BCUT2D eigenvalue weighted by Gasteiger charge is 2.14. The number of aromatic nitrogens is 2. The molecule has 0 radical (unpaired) electrons. The number of carbonyl (C=O) groups excluding carboxylic acids is 1. The number of nitrogens with one attached hydrogen (secondary N) is 1. The average Bonchev–Trinajstić information content (AvgIpc) is 2.61. The summed E-state index contributed by atoms with van der Waals surface area (Å²) in [5, 5.41) is 8.56. The molecule has 1 aromatic rings. The minimum absolute atomic E-state index is 0.230. The van der Waals surface area contributed by atoms with Crippen molar-refractivity contribution in [2.45, 2.75) is 37.8 Å². The summed E-state index contributed by atoms with van der Waals surface area (Å²) in [4.78, 5) is 11.3. The van der Waals surface area contributed by atoms with Gasteiger partial charge in [-0.1, -0.05) is 6.92 Å². The van der Waals surface area contributed by atoms with Crippen molar-refractivity contribution in [2.24, 2.45) is 12.8 Å². The summed E-state index contributed by atoms with van der Waals surface area (Å²) < 4.78 is 1.86. The summed E-state index contributed by atoms with van der Waals surface area (Å²) in [7, 11) is 1.93. The number of hydrogen-bond acceptors (Lipinski definition) is 4. The van der Waals surface area contributed by atoms with E-state index in [0.717, 1.165) is 35.9 Å². The maximum absolute atomic E-state index is 11.3. The first kappa shape index (κ1) is 15.0. The third-order valence-electron chi connectivity index (χ3n) is 2.60. The molecule has 1 atom stereocenters. The van der Waals surface area contributed by atoms with Crippen LogP contribution in [-0.2, 0) is 11.8 Å². The monoisotopic (exact) mass is 270 g/mol. The Balaban J connectivity index is 2.38. The third kappa shape index (κ3) is 4.70. The highest BCUT2D eigenvalue weighted by Crippen LogP contribution is 2.19. The number of hydrogen-bond donors (Lipinski definition) is 2. The lowest BCUT2D eigenvalue weighted by atomic mass is 10.2. The molecule has 0 bridgehead atoms. The van der Waals surface area contributed by atoms with Crippen LogP contribution in [0.1, 0.15) is 25.5 Å². The molecule has 0 saturated heterocycles. The summed E-state index contributed by atoms with van der Waals surface area (Å²) >= 11 is 1.70. The van der Waals surface area contributed by atoms with E-state index in [1.165, 1.54) is 0 Å². The molecule has 1 aromatic heterocycles. The van der Waals surface area contributed by atoms with Crippen LogP contribution in [0.3, 0.4) is 0 Å². The largest absolute Gasteiger partial charge is 0.368 e. The van der Waals surface area contributed by atoms with Gasteiger partial charge in [-0.15, -0.1) is 11.8 Å². The Kier molecular flexibility index (Phi) is 6.21. The summed E-state index contributed by atoms with van der Waals surface area (Å²) in [6.07, 6.45) is 1.74. The van der Waals surface area contributed by atoms with Gasteiger partial charge in [-0.3, -0.25) is 9.48 Å². The fourth-order valence-electron chi connectivity index (χ4n) is 1.67. The summed E-state index contributed by atoms with van der Waals surface area (Å²) in [6.45, 7) is 4.86. The van der Waals surface area contributed by atoms with E-state index in [1.54, 1.807) is 11.8 Å². The SMILES string of the molecule is CCCNC(CCSc1cc(C)nn1C)C(N)=O. The van der Waals surface area contributed by atoms with Crippen LogP contribution in [0.15, 0.2) is 11.1 Å². The van der Waals surface area contributed by atoms with E-state index in [2.05, 4.69) is 17.3 Å². The molecule has 1 unspecified atom stereocenters. The number of nitrogens with two attached hydrogens (primary N) is 1. The maximum atomic E-state index is 11.3. The van der Waals surface area contributed by atoms with Crippen molar-refractivity contribution in [1.29, 1.82) is 0 Å². The predicted molar refractivity (Wildman–Crippen MR) is 74.6 cm³/mol. The number of thioether (sulfide) groups is 1. The zero-order chi connectivity index (χ0) is 13.5. The van der Waals surface area contributed by atoms with Gasteiger partial charge in [0.1, 0.15) is 0 Å². The van der Waals surface area contributed by atoms with E-state index in [0.29, 0.717) is 0 Å². The Hall–Kier alpha value is -1.01. The molecule has 0 aliphatic rings. The molecule has 5 nitrogen and oxygen atoms in total. The number of aryl methyl sites for hydroxylation is 2. The van der Waals surface area contributed by atoms with Gasteiger partial charge in [0.2, 0.25) is 5.91 Å². The molecular weight excluding hydrogens is 248 g/mol. The Morgan fingerprint density at radius 1 is 1.67 bits per heavy atom. The first-order valence-corrected chi connectivity index (χ1v) is 7.19. The second-order valence-electron chi connectivity index (χ2n) is 4.29. The second-order valence-corrected chi connectivity index (χ2v) is 5.41. The fourth-order valence-corrected chi connectivity index (χ4v) is 2.71. The van der Waals surface area contributed by atoms with E-state index >= 15 is 0 Å². The van der Waals surface area contributed by atoms with E-state index in [4.69, 9.17) is 5.73 Å². The van der Waals surface area contributed by atoms with Crippen molar-refractivity contribution in [3.63, 3.8) is 0 Å². The lowest BCUT2D eigenvalue weighted by molar-refractivity contribution is -0.120. The highest BCUT2D eigenvalue weighted by molar-refractivity contribution is 7.99. The smallest absolute Gasteiger partial charge is 0.234 e. The molecule has 102 valence electrons. The Labute approximate surface area is 112 Å². The van der Waals surface area contributed by atoms with Crippen molar-refractivity contribution < 1.29 is 4.79 Å². The molecule has 0 aliphatic heterocycles. The topological polar surface area (TPSA) is 72.9 Å². The summed E-state index contributed by atoms with van der Waals surface area (Å²) in [6, 6.07) is 1.82. The van der Waals surface area contributed by atoms with Gasteiger partial charge in [-0.05, 0) is 32.4 Å². The standard InChI is InChI=1S/C12H22N4OS/c1-4-6-14-10(12(13)17)5-7-18-11-8-9(2)15-16(11)3/h8,10,14H,4-7H2,1-3H3,(H2,13,17). The molecule has 1 rings (SSSR count). The van der Waals surface area contributed by atoms with Gasteiger partial charge in [0.05, 0.1) is 16.8 Å². The molecule has 1 amide bonds. The van der Waals surface area contributed by atoms with Crippen LogP contribution >= 0.6 is 11.8 Å². The molecule has 0 saturated carbocycles. The van der Waals surface area contributed by atoms with Gasteiger partial charge in [0, 0.05) is 12.8 Å². The van der Waals surface area contributed by atoms with Gasteiger partial charge in [-0.25, -0.2) is 0 Å². The molecule has 18 heavy (non-hydrogen) atoms. The van der Waals surface area contributed by atoms with Crippen LogP contribution in [-0.4, -0.2) is 34.0 Å². The average molecular weight is 270 g/mol. The lowest BCUT2D eigenvalue weighted by Crippen LogP contribution is -2.41. The lowest BCUT2D eigenvalue weighted by Gasteiger charge is -2.14. The Morgan fingerprint density at radius 3 is 2.89 bits per heavy atom. The van der Waals surface area contributed by atoms with Crippen LogP contribution in [0, 0.1) is 6.92 Å². The van der Waals surface area contributed by atoms with Crippen LogP contribution in [0.2, 0.25) is 0 Å².